The van der Waals surface area contributed by atoms with E-state index < -0.39 is 17.3 Å². The number of piperidine rings is 1. The van der Waals surface area contributed by atoms with Crippen LogP contribution in [0.1, 0.15) is 32.3 Å². The van der Waals surface area contributed by atoms with Gasteiger partial charge in [-0.15, -0.1) is 0 Å². The standard InChI is InChI=1S/C17H23FN2O4/c1-3-24-15-6-5-13(9-14(15)18)10-19-16(22)17(23)7-4-8-20(11-17)12(2)21/h5-6,9,23H,3-4,7-8,10-11H2,1-2H3,(H,19,22)/t17-/m0/s1. The number of hydrogen-bond donors (Lipinski definition) is 2. The fourth-order valence-electron chi connectivity index (χ4n) is 2.76. The molecule has 6 nitrogen and oxygen atoms in total. The number of likely N-dealkylation sites (tertiary alicyclic amines) is 1. The van der Waals surface area contributed by atoms with Gasteiger partial charge in [0.1, 0.15) is 0 Å². The second-order valence-corrected chi connectivity index (χ2v) is 5.96. The zero-order chi connectivity index (χ0) is 17.7. The summed E-state index contributed by atoms with van der Waals surface area (Å²) >= 11 is 0. The number of ether oxygens (including phenoxy) is 1. The van der Waals surface area contributed by atoms with Crippen LogP contribution in [0.5, 0.6) is 5.75 Å². The predicted octanol–water partition coefficient (Wildman–Crippen LogP) is 1.21. The summed E-state index contributed by atoms with van der Waals surface area (Å²) in [7, 11) is 0. The molecule has 1 aliphatic rings. The van der Waals surface area contributed by atoms with Gasteiger partial charge in [-0.3, -0.25) is 9.59 Å². The zero-order valence-electron chi connectivity index (χ0n) is 14.0. The molecule has 0 bridgehead atoms. The second-order valence-electron chi connectivity index (χ2n) is 5.96. The molecule has 0 spiro atoms. The van der Waals surface area contributed by atoms with E-state index in [9.17, 15) is 19.1 Å². The van der Waals surface area contributed by atoms with Crippen molar-refractivity contribution in [3.8, 4) is 5.75 Å². The Morgan fingerprint density at radius 2 is 2.21 bits per heavy atom. The minimum absolute atomic E-state index is 0.0220. The van der Waals surface area contributed by atoms with Crippen LogP contribution < -0.4 is 10.1 Å². The molecule has 2 N–H and O–H groups in total. The molecular formula is C17H23FN2O4. The third-order valence-corrected chi connectivity index (χ3v) is 4.09. The van der Waals surface area contributed by atoms with Crippen molar-refractivity contribution in [2.75, 3.05) is 19.7 Å². The lowest BCUT2D eigenvalue weighted by Gasteiger charge is -2.37. The fourth-order valence-corrected chi connectivity index (χ4v) is 2.76. The average molecular weight is 338 g/mol. The van der Waals surface area contributed by atoms with Crippen molar-refractivity contribution < 1.29 is 23.8 Å². The van der Waals surface area contributed by atoms with E-state index in [-0.39, 0.29) is 24.7 Å². The number of benzene rings is 1. The number of aliphatic hydroxyl groups is 1. The summed E-state index contributed by atoms with van der Waals surface area (Å²) in [5, 5.41) is 13.1. The lowest BCUT2D eigenvalue weighted by atomic mass is 9.91. The number of amides is 2. The van der Waals surface area contributed by atoms with Crippen LogP contribution in [0.25, 0.3) is 0 Å². The van der Waals surface area contributed by atoms with Crippen LogP contribution in [0.4, 0.5) is 4.39 Å². The quantitative estimate of drug-likeness (QED) is 0.846. The summed E-state index contributed by atoms with van der Waals surface area (Å²) in [5.74, 6) is -1.06. The van der Waals surface area contributed by atoms with Crippen molar-refractivity contribution in [2.24, 2.45) is 0 Å². The Hall–Kier alpha value is -2.15. The molecule has 1 fully saturated rings. The van der Waals surface area contributed by atoms with E-state index in [1.165, 1.54) is 24.0 Å². The zero-order valence-corrected chi connectivity index (χ0v) is 14.0. The van der Waals surface area contributed by atoms with Crippen LogP contribution in [-0.4, -0.2) is 47.1 Å². The van der Waals surface area contributed by atoms with Gasteiger partial charge in [-0.25, -0.2) is 4.39 Å². The first kappa shape index (κ1) is 18.2. The van der Waals surface area contributed by atoms with E-state index in [2.05, 4.69) is 5.32 Å². The van der Waals surface area contributed by atoms with Gasteiger partial charge in [0, 0.05) is 20.0 Å². The van der Waals surface area contributed by atoms with Gasteiger partial charge in [-0.05, 0) is 37.5 Å². The predicted molar refractivity (Wildman–Crippen MR) is 85.9 cm³/mol. The van der Waals surface area contributed by atoms with E-state index in [0.29, 0.717) is 31.6 Å². The summed E-state index contributed by atoms with van der Waals surface area (Å²) in [6, 6.07) is 4.45. The van der Waals surface area contributed by atoms with Crippen molar-refractivity contribution in [3.05, 3.63) is 29.6 Å². The highest BCUT2D eigenvalue weighted by molar-refractivity contribution is 5.86. The van der Waals surface area contributed by atoms with Crippen LogP contribution in [0.2, 0.25) is 0 Å². The van der Waals surface area contributed by atoms with Crippen molar-refractivity contribution in [3.63, 3.8) is 0 Å². The number of nitrogens with one attached hydrogen (secondary N) is 1. The summed E-state index contributed by atoms with van der Waals surface area (Å²) < 4.78 is 18.9. The molecule has 2 rings (SSSR count). The first-order chi connectivity index (χ1) is 11.4. The highest BCUT2D eigenvalue weighted by Gasteiger charge is 2.40. The molecule has 7 heteroatoms. The maximum atomic E-state index is 13.8. The maximum absolute atomic E-state index is 13.8. The van der Waals surface area contributed by atoms with E-state index in [1.807, 2.05) is 0 Å². The SMILES string of the molecule is CCOc1ccc(CNC(=O)[C@]2(O)CCCN(C(C)=O)C2)cc1F. The number of hydrogen-bond acceptors (Lipinski definition) is 4. The van der Waals surface area contributed by atoms with E-state index in [4.69, 9.17) is 4.74 Å². The summed E-state index contributed by atoms with van der Waals surface area (Å²) in [5.41, 5.74) is -1.04. The molecule has 24 heavy (non-hydrogen) atoms. The van der Waals surface area contributed by atoms with Gasteiger partial charge in [0.2, 0.25) is 5.91 Å². The van der Waals surface area contributed by atoms with Crippen LogP contribution in [-0.2, 0) is 16.1 Å². The third-order valence-electron chi connectivity index (χ3n) is 4.09. The number of carbonyl (C=O) groups is 2. The Kier molecular flexibility index (Phi) is 5.77. The lowest BCUT2D eigenvalue weighted by Crippen LogP contribution is -2.57. The Morgan fingerprint density at radius 3 is 2.83 bits per heavy atom. The van der Waals surface area contributed by atoms with Gasteiger partial charge in [0.25, 0.3) is 5.91 Å². The fraction of sp³-hybridized carbons (Fsp3) is 0.529. The molecular weight excluding hydrogens is 315 g/mol. The Balaban J connectivity index is 1.97. The van der Waals surface area contributed by atoms with Crippen molar-refractivity contribution in [1.29, 1.82) is 0 Å². The van der Waals surface area contributed by atoms with Gasteiger partial charge in [0.05, 0.1) is 13.2 Å². The number of carbonyl (C=O) groups excluding carboxylic acids is 2. The highest BCUT2D eigenvalue weighted by Crippen LogP contribution is 2.22. The lowest BCUT2D eigenvalue weighted by molar-refractivity contribution is -0.150. The first-order valence-electron chi connectivity index (χ1n) is 8.03. The minimum Gasteiger partial charge on any atom is -0.491 e. The van der Waals surface area contributed by atoms with Crippen molar-refractivity contribution >= 4 is 11.8 Å². The van der Waals surface area contributed by atoms with Crippen LogP contribution in [0.3, 0.4) is 0 Å². The topological polar surface area (TPSA) is 78.9 Å². The van der Waals surface area contributed by atoms with Gasteiger partial charge in [-0.1, -0.05) is 6.07 Å². The smallest absolute Gasteiger partial charge is 0.254 e. The number of nitrogens with zero attached hydrogens (tertiary/aromatic N) is 1. The average Bonchev–Trinajstić information content (AvgIpc) is 2.55. The molecule has 1 heterocycles. The Morgan fingerprint density at radius 1 is 1.46 bits per heavy atom. The highest BCUT2D eigenvalue weighted by atomic mass is 19.1. The molecule has 0 unspecified atom stereocenters. The van der Waals surface area contributed by atoms with Gasteiger partial charge in [0.15, 0.2) is 17.2 Å². The molecule has 2 amide bonds. The summed E-state index contributed by atoms with van der Waals surface area (Å²) in [6.07, 6.45) is 0.849. The summed E-state index contributed by atoms with van der Waals surface area (Å²) in [4.78, 5) is 25.2. The number of rotatable bonds is 5. The largest absolute Gasteiger partial charge is 0.491 e. The molecule has 1 aromatic carbocycles. The molecule has 132 valence electrons. The summed E-state index contributed by atoms with van der Waals surface area (Å²) in [6.45, 7) is 4.15. The molecule has 0 aliphatic carbocycles. The van der Waals surface area contributed by atoms with E-state index >= 15 is 0 Å². The molecule has 0 saturated carbocycles. The van der Waals surface area contributed by atoms with Crippen LogP contribution in [0, 0.1) is 5.82 Å². The number of β-amino-alcohol motifs (C(OH)–C–C–N with tert-alkyl or cyclic N) is 1. The van der Waals surface area contributed by atoms with Crippen LogP contribution >= 0.6 is 0 Å². The van der Waals surface area contributed by atoms with Gasteiger partial charge >= 0.3 is 0 Å². The molecule has 0 aromatic heterocycles. The Bertz CT molecular complexity index is 623. The normalized spacial score (nSPS) is 20.6. The minimum atomic E-state index is -1.60. The molecule has 1 atom stereocenters. The van der Waals surface area contributed by atoms with E-state index in [1.54, 1.807) is 13.0 Å². The number of halogens is 1. The van der Waals surface area contributed by atoms with Gasteiger partial charge < -0.3 is 20.1 Å². The first-order valence-corrected chi connectivity index (χ1v) is 8.03. The Labute approximate surface area is 140 Å². The molecule has 1 aromatic rings. The molecule has 1 aliphatic heterocycles. The maximum Gasteiger partial charge on any atom is 0.254 e. The van der Waals surface area contributed by atoms with Crippen LogP contribution in [0.15, 0.2) is 18.2 Å². The van der Waals surface area contributed by atoms with Crippen molar-refractivity contribution in [2.45, 2.75) is 38.8 Å². The van der Waals surface area contributed by atoms with Crippen molar-refractivity contribution in [1.82, 2.24) is 10.2 Å². The van der Waals surface area contributed by atoms with Gasteiger partial charge in [-0.2, -0.15) is 0 Å². The molecule has 0 radical (unpaired) electrons. The second kappa shape index (κ2) is 7.61. The monoisotopic (exact) mass is 338 g/mol. The third kappa shape index (κ3) is 4.23. The van der Waals surface area contributed by atoms with E-state index in [0.717, 1.165) is 0 Å². The molecule has 1 saturated heterocycles.